The molecular formula is C18H26N4O3. The molecule has 0 aliphatic carbocycles. The van der Waals surface area contributed by atoms with Crippen molar-refractivity contribution in [1.82, 2.24) is 14.9 Å². The highest BCUT2D eigenvalue weighted by molar-refractivity contribution is 5.93. The van der Waals surface area contributed by atoms with Crippen LogP contribution in [0.1, 0.15) is 32.6 Å². The lowest BCUT2D eigenvalue weighted by Crippen LogP contribution is -2.41. The zero-order chi connectivity index (χ0) is 17.6. The first-order chi connectivity index (χ1) is 12.1. The molecule has 1 aliphatic rings. The van der Waals surface area contributed by atoms with Gasteiger partial charge in [0.2, 0.25) is 5.91 Å². The van der Waals surface area contributed by atoms with Crippen molar-refractivity contribution in [3.8, 4) is 0 Å². The Labute approximate surface area is 146 Å². The largest absolute Gasteiger partial charge is 0.377 e. The lowest BCUT2D eigenvalue weighted by Gasteiger charge is -2.32. The number of rotatable bonds is 7. The molecule has 0 saturated carbocycles. The van der Waals surface area contributed by atoms with Gasteiger partial charge in [0.15, 0.2) is 0 Å². The quantitative estimate of drug-likeness (QED) is 0.716. The molecule has 0 radical (unpaired) electrons. The predicted molar refractivity (Wildman–Crippen MR) is 97.9 cm³/mol. The maximum absolute atomic E-state index is 12.2. The van der Waals surface area contributed by atoms with Gasteiger partial charge in [0.25, 0.3) is 0 Å². The second-order valence-corrected chi connectivity index (χ2v) is 6.57. The van der Waals surface area contributed by atoms with Crippen molar-refractivity contribution in [1.29, 1.82) is 0 Å². The number of carbonyl (C=O) groups excluding carboxylic acids is 1. The van der Waals surface area contributed by atoms with E-state index in [2.05, 4.69) is 27.1 Å². The van der Waals surface area contributed by atoms with Gasteiger partial charge in [-0.2, -0.15) is 0 Å². The van der Waals surface area contributed by atoms with E-state index in [0.717, 1.165) is 51.0 Å². The van der Waals surface area contributed by atoms with Crippen molar-refractivity contribution in [3.05, 3.63) is 28.7 Å². The fourth-order valence-corrected chi connectivity index (χ4v) is 3.23. The second kappa shape index (κ2) is 8.31. The van der Waals surface area contributed by atoms with Crippen LogP contribution in [-0.2, 0) is 9.53 Å². The Balaban J connectivity index is 1.47. The summed E-state index contributed by atoms with van der Waals surface area (Å²) in [5, 5.41) is 2.90. The highest BCUT2D eigenvalue weighted by Crippen LogP contribution is 2.16. The second-order valence-electron chi connectivity index (χ2n) is 6.57. The first kappa shape index (κ1) is 17.7. The topological polar surface area (TPSA) is 90.2 Å². The number of anilines is 1. The fourth-order valence-electron chi connectivity index (χ4n) is 3.23. The number of fused-ring (bicyclic) bond motifs is 1. The molecule has 136 valence electrons. The zero-order valence-electron chi connectivity index (χ0n) is 14.6. The molecule has 0 unspecified atom stereocenters. The van der Waals surface area contributed by atoms with Crippen molar-refractivity contribution in [2.75, 3.05) is 31.6 Å². The van der Waals surface area contributed by atoms with E-state index < -0.39 is 0 Å². The van der Waals surface area contributed by atoms with Crippen LogP contribution in [0.2, 0.25) is 0 Å². The third kappa shape index (κ3) is 4.93. The van der Waals surface area contributed by atoms with Gasteiger partial charge in [-0.05, 0) is 44.0 Å². The van der Waals surface area contributed by atoms with Gasteiger partial charge in [-0.1, -0.05) is 6.92 Å². The third-order valence-electron chi connectivity index (χ3n) is 4.47. The summed E-state index contributed by atoms with van der Waals surface area (Å²) in [5.41, 5.74) is 1.86. The number of amides is 1. The number of likely N-dealkylation sites (tertiary alicyclic amines) is 1. The average molecular weight is 346 g/mol. The van der Waals surface area contributed by atoms with Gasteiger partial charge < -0.3 is 24.9 Å². The van der Waals surface area contributed by atoms with E-state index in [1.165, 1.54) is 0 Å². The minimum atomic E-state index is -0.247. The number of aromatic nitrogens is 2. The van der Waals surface area contributed by atoms with E-state index in [-0.39, 0.29) is 11.6 Å². The van der Waals surface area contributed by atoms with Crippen LogP contribution in [0.15, 0.2) is 23.0 Å². The number of imidazole rings is 1. The van der Waals surface area contributed by atoms with Crippen molar-refractivity contribution in [2.24, 2.45) is 0 Å². The fraction of sp³-hybridized carbons (Fsp3) is 0.556. The molecule has 2 heterocycles. The SMILES string of the molecule is CCCO[C@@H]1CCCN(CCC(=O)Nc2ccc3[nH]c(=O)[nH]c3c2)C1. The van der Waals surface area contributed by atoms with E-state index in [1.807, 2.05) is 0 Å². The molecule has 0 bridgehead atoms. The maximum Gasteiger partial charge on any atom is 0.323 e. The number of carbonyl (C=O) groups is 1. The predicted octanol–water partition coefficient (Wildman–Crippen LogP) is 2.08. The minimum absolute atomic E-state index is 0.0196. The Morgan fingerprint density at radius 3 is 3.04 bits per heavy atom. The molecule has 1 aromatic carbocycles. The molecule has 3 N–H and O–H groups in total. The Morgan fingerprint density at radius 2 is 2.20 bits per heavy atom. The molecule has 0 spiro atoms. The number of nitrogens with zero attached hydrogens (tertiary/aromatic N) is 1. The summed E-state index contributed by atoms with van der Waals surface area (Å²) >= 11 is 0. The van der Waals surface area contributed by atoms with Gasteiger partial charge in [-0.3, -0.25) is 4.79 Å². The van der Waals surface area contributed by atoms with Gasteiger partial charge in [-0.25, -0.2) is 4.79 Å². The summed E-state index contributed by atoms with van der Waals surface area (Å²) < 4.78 is 5.83. The van der Waals surface area contributed by atoms with Gasteiger partial charge in [0.05, 0.1) is 17.1 Å². The molecule has 1 saturated heterocycles. The third-order valence-corrected chi connectivity index (χ3v) is 4.47. The molecular weight excluding hydrogens is 320 g/mol. The van der Waals surface area contributed by atoms with Crippen LogP contribution in [0.25, 0.3) is 11.0 Å². The molecule has 3 rings (SSSR count). The molecule has 7 heteroatoms. The molecule has 2 aromatic rings. The van der Waals surface area contributed by atoms with Crippen LogP contribution < -0.4 is 11.0 Å². The molecule has 1 aliphatic heterocycles. The molecule has 1 fully saturated rings. The summed E-state index contributed by atoms with van der Waals surface area (Å²) in [4.78, 5) is 31.2. The van der Waals surface area contributed by atoms with Gasteiger partial charge >= 0.3 is 5.69 Å². The minimum Gasteiger partial charge on any atom is -0.377 e. The maximum atomic E-state index is 12.2. The molecule has 1 amide bonds. The molecule has 1 atom stereocenters. The van der Waals surface area contributed by atoms with Crippen LogP contribution in [-0.4, -0.2) is 53.1 Å². The van der Waals surface area contributed by atoms with Crippen LogP contribution in [0.5, 0.6) is 0 Å². The normalized spacial score (nSPS) is 18.5. The summed E-state index contributed by atoms with van der Waals surface area (Å²) in [5.74, 6) is -0.0196. The smallest absolute Gasteiger partial charge is 0.323 e. The van der Waals surface area contributed by atoms with Gasteiger partial charge in [0.1, 0.15) is 0 Å². The highest BCUT2D eigenvalue weighted by Gasteiger charge is 2.20. The van der Waals surface area contributed by atoms with E-state index in [0.29, 0.717) is 23.7 Å². The summed E-state index contributed by atoms with van der Waals surface area (Å²) in [6.45, 7) is 5.59. The van der Waals surface area contributed by atoms with Crippen molar-refractivity contribution in [2.45, 2.75) is 38.7 Å². The molecule has 1 aromatic heterocycles. The number of piperidine rings is 1. The van der Waals surface area contributed by atoms with E-state index in [9.17, 15) is 9.59 Å². The Morgan fingerprint density at radius 1 is 1.36 bits per heavy atom. The Hall–Kier alpha value is -2.12. The van der Waals surface area contributed by atoms with Gasteiger partial charge in [0, 0.05) is 31.8 Å². The number of benzene rings is 1. The number of nitrogens with one attached hydrogen (secondary N) is 3. The highest BCUT2D eigenvalue weighted by atomic mass is 16.5. The van der Waals surface area contributed by atoms with E-state index in [4.69, 9.17) is 4.74 Å². The molecule has 7 nitrogen and oxygen atoms in total. The first-order valence-corrected chi connectivity index (χ1v) is 9.00. The summed E-state index contributed by atoms with van der Waals surface area (Å²) in [6.07, 6.45) is 4.01. The Kier molecular flexibility index (Phi) is 5.88. The van der Waals surface area contributed by atoms with Crippen molar-refractivity contribution >= 4 is 22.6 Å². The van der Waals surface area contributed by atoms with Crippen LogP contribution in [0.3, 0.4) is 0 Å². The number of hydrogen-bond donors (Lipinski definition) is 3. The Bertz CT molecular complexity index is 767. The van der Waals surface area contributed by atoms with Crippen molar-refractivity contribution < 1.29 is 9.53 Å². The number of H-pyrrole nitrogens is 2. The van der Waals surface area contributed by atoms with Crippen LogP contribution in [0, 0.1) is 0 Å². The van der Waals surface area contributed by atoms with Crippen LogP contribution in [0.4, 0.5) is 5.69 Å². The first-order valence-electron chi connectivity index (χ1n) is 9.00. The molecule has 25 heavy (non-hydrogen) atoms. The monoisotopic (exact) mass is 346 g/mol. The summed E-state index contributed by atoms with van der Waals surface area (Å²) in [7, 11) is 0. The standard InChI is InChI=1S/C18H26N4O3/c1-2-10-25-14-4-3-8-22(12-14)9-7-17(23)19-13-5-6-15-16(11-13)21-18(24)20-15/h5-6,11,14H,2-4,7-10,12H2,1H3,(H,19,23)(H2,20,21,24)/t14-/m1/s1. The lowest BCUT2D eigenvalue weighted by molar-refractivity contribution is -0.116. The number of aromatic amines is 2. The van der Waals surface area contributed by atoms with Crippen molar-refractivity contribution in [3.63, 3.8) is 0 Å². The van der Waals surface area contributed by atoms with Crippen LogP contribution >= 0.6 is 0 Å². The average Bonchev–Trinajstić information content (AvgIpc) is 2.98. The lowest BCUT2D eigenvalue weighted by atomic mass is 10.1. The van der Waals surface area contributed by atoms with E-state index >= 15 is 0 Å². The van der Waals surface area contributed by atoms with Gasteiger partial charge in [-0.15, -0.1) is 0 Å². The summed E-state index contributed by atoms with van der Waals surface area (Å²) in [6, 6.07) is 5.34. The number of ether oxygens (including phenoxy) is 1. The number of hydrogen-bond acceptors (Lipinski definition) is 4. The zero-order valence-corrected chi connectivity index (χ0v) is 14.6. The van der Waals surface area contributed by atoms with E-state index in [1.54, 1.807) is 18.2 Å².